The van der Waals surface area contributed by atoms with Gasteiger partial charge in [0, 0.05) is 30.7 Å². The van der Waals surface area contributed by atoms with E-state index >= 15 is 0 Å². The molecule has 1 saturated carbocycles. The SMILES string of the molecule is NC1(CCN2CC=C(C(F)(F)F)CC2)CCC1. The van der Waals surface area contributed by atoms with Crippen LogP contribution in [0, 0.1) is 0 Å². The Morgan fingerprint density at radius 3 is 2.47 bits per heavy atom. The zero-order valence-corrected chi connectivity index (χ0v) is 9.89. The van der Waals surface area contributed by atoms with Gasteiger partial charge < -0.3 is 5.73 Å². The molecule has 1 aliphatic carbocycles. The van der Waals surface area contributed by atoms with Crippen LogP contribution >= 0.6 is 0 Å². The van der Waals surface area contributed by atoms with Gasteiger partial charge in [-0.05, 0) is 32.1 Å². The molecule has 0 aromatic rings. The summed E-state index contributed by atoms with van der Waals surface area (Å²) in [5.74, 6) is 0. The Labute approximate surface area is 99.6 Å². The molecule has 1 aliphatic heterocycles. The summed E-state index contributed by atoms with van der Waals surface area (Å²) in [6, 6.07) is 0. The maximum Gasteiger partial charge on any atom is 0.412 e. The first-order valence-electron chi connectivity index (χ1n) is 6.17. The first-order valence-corrected chi connectivity index (χ1v) is 6.17. The lowest BCUT2D eigenvalue weighted by atomic mass is 9.75. The Morgan fingerprint density at radius 2 is 2.06 bits per heavy atom. The first-order chi connectivity index (χ1) is 7.89. The highest BCUT2D eigenvalue weighted by Gasteiger charge is 2.36. The smallest absolute Gasteiger partial charge is 0.325 e. The predicted octanol–water partition coefficient (Wildman–Crippen LogP) is 2.45. The molecule has 0 bridgehead atoms. The molecule has 98 valence electrons. The van der Waals surface area contributed by atoms with Crippen LogP contribution in [0.4, 0.5) is 13.2 Å². The molecule has 1 heterocycles. The van der Waals surface area contributed by atoms with Gasteiger partial charge in [-0.1, -0.05) is 6.08 Å². The summed E-state index contributed by atoms with van der Waals surface area (Å²) in [7, 11) is 0. The summed E-state index contributed by atoms with van der Waals surface area (Å²) in [6.07, 6.45) is 1.50. The zero-order chi connectivity index (χ0) is 12.5. The molecule has 0 spiro atoms. The summed E-state index contributed by atoms with van der Waals surface area (Å²) in [5, 5.41) is 0. The fraction of sp³-hybridized carbons (Fsp3) is 0.833. The van der Waals surface area contributed by atoms with E-state index in [0.717, 1.165) is 25.8 Å². The van der Waals surface area contributed by atoms with Gasteiger partial charge in [0.05, 0.1) is 0 Å². The minimum absolute atomic E-state index is 0.0337. The molecule has 2 rings (SSSR count). The molecule has 5 heteroatoms. The van der Waals surface area contributed by atoms with Crippen LogP contribution in [0.15, 0.2) is 11.6 Å². The second-order valence-corrected chi connectivity index (χ2v) is 5.24. The van der Waals surface area contributed by atoms with E-state index in [-0.39, 0.29) is 17.5 Å². The van der Waals surface area contributed by atoms with E-state index in [1.165, 1.54) is 12.5 Å². The van der Waals surface area contributed by atoms with E-state index in [4.69, 9.17) is 5.73 Å². The van der Waals surface area contributed by atoms with Gasteiger partial charge in [0.25, 0.3) is 0 Å². The standard InChI is InChI=1S/C12H19F3N2/c13-12(14,15)10-2-7-17(8-3-10)9-6-11(16)4-1-5-11/h2H,1,3-9,16H2. The third kappa shape index (κ3) is 3.22. The monoisotopic (exact) mass is 248 g/mol. The van der Waals surface area contributed by atoms with Crippen LogP contribution in [-0.4, -0.2) is 36.2 Å². The minimum atomic E-state index is -4.14. The lowest BCUT2D eigenvalue weighted by Gasteiger charge is -2.40. The lowest BCUT2D eigenvalue weighted by molar-refractivity contribution is -0.0960. The van der Waals surface area contributed by atoms with Crippen molar-refractivity contribution in [2.45, 2.75) is 43.8 Å². The highest BCUT2D eigenvalue weighted by molar-refractivity contribution is 5.13. The van der Waals surface area contributed by atoms with Gasteiger partial charge in [0.15, 0.2) is 0 Å². The summed E-state index contributed by atoms with van der Waals surface area (Å²) in [4.78, 5) is 2.06. The molecular formula is C12H19F3N2. The van der Waals surface area contributed by atoms with Gasteiger partial charge in [-0.15, -0.1) is 0 Å². The Balaban J connectivity index is 1.77. The third-order valence-electron chi connectivity index (χ3n) is 3.93. The molecule has 0 amide bonds. The van der Waals surface area contributed by atoms with E-state index in [2.05, 4.69) is 4.90 Å². The Hall–Kier alpha value is -0.550. The minimum Gasteiger partial charge on any atom is -0.325 e. The van der Waals surface area contributed by atoms with Crippen LogP contribution in [0.25, 0.3) is 0 Å². The van der Waals surface area contributed by atoms with Crippen molar-refractivity contribution in [1.29, 1.82) is 0 Å². The van der Waals surface area contributed by atoms with Gasteiger partial charge in [-0.3, -0.25) is 4.90 Å². The molecule has 0 saturated heterocycles. The predicted molar refractivity (Wildman–Crippen MR) is 60.6 cm³/mol. The molecule has 0 atom stereocenters. The number of hydrogen-bond donors (Lipinski definition) is 1. The largest absolute Gasteiger partial charge is 0.412 e. The molecule has 0 aromatic carbocycles. The van der Waals surface area contributed by atoms with E-state index < -0.39 is 6.18 Å². The van der Waals surface area contributed by atoms with Crippen molar-refractivity contribution >= 4 is 0 Å². The molecular weight excluding hydrogens is 229 g/mol. The molecule has 2 aliphatic rings. The van der Waals surface area contributed by atoms with E-state index in [1.807, 2.05) is 0 Å². The molecule has 0 radical (unpaired) electrons. The van der Waals surface area contributed by atoms with Gasteiger partial charge in [0.2, 0.25) is 0 Å². The van der Waals surface area contributed by atoms with Crippen LogP contribution in [0.2, 0.25) is 0 Å². The maximum absolute atomic E-state index is 12.4. The van der Waals surface area contributed by atoms with Crippen molar-refractivity contribution < 1.29 is 13.2 Å². The summed E-state index contributed by atoms with van der Waals surface area (Å²) >= 11 is 0. The molecule has 2 nitrogen and oxygen atoms in total. The maximum atomic E-state index is 12.4. The fourth-order valence-electron chi connectivity index (χ4n) is 2.43. The van der Waals surface area contributed by atoms with Crippen LogP contribution in [0.3, 0.4) is 0 Å². The molecule has 17 heavy (non-hydrogen) atoms. The number of alkyl halides is 3. The van der Waals surface area contributed by atoms with Crippen LogP contribution < -0.4 is 5.73 Å². The van der Waals surface area contributed by atoms with Gasteiger partial charge in [0.1, 0.15) is 0 Å². The normalized spacial score (nSPS) is 25.3. The van der Waals surface area contributed by atoms with E-state index in [0.29, 0.717) is 13.1 Å². The summed E-state index contributed by atoms with van der Waals surface area (Å²) in [6.45, 7) is 1.73. The second kappa shape index (κ2) is 4.61. The van der Waals surface area contributed by atoms with Crippen LogP contribution in [0.5, 0.6) is 0 Å². The van der Waals surface area contributed by atoms with Gasteiger partial charge in [-0.2, -0.15) is 13.2 Å². The number of nitrogens with zero attached hydrogens (tertiary/aromatic N) is 1. The number of rotatable bonds is 3. The van der Waals surface area contributed by atoms with Crippen molar-refractivity contribution in [2.24, 2.45) is 5.73 Å². The van der Waals surface area contributed by atoms with Crippen molar-refractivity contribution in [3.05, 3.63) is 11.6 Å². The summed E-state index contributed by atoms with van der Waals surface area (Å²) < 4.78 is 37.2. The van der Waals surface area contributed by atoms with Crippen LogP contribution in [0.1, 0.15) is 32.1 Å². The topological polar surface area (TPSA) is 29.3 Å². The Bertz CT molecular complexity index is 305. The number of nitrogens with two attached hydrogens (primary N) is 1. The average molecular weight is 248 g/mol. The molecule has 0 unspecified atom stereocenters. The summed E-state index contributed by atoms with van der Waals surface area (Å²) in [5.41, 5.74) is 5.69. The number of hydrogen-bond acceptors (Lipinski definition) is 2. The van der Waals surface area contributed by atoms with Crippen molar-refractivity contribution in [3.8, 4) is 0 Å². The highest BCUT2D eigenvalue weighted by atomic mass is 19.4. The average Bonchev–Trinajstić information content (AvgIpc) is 2.23. The molecule has 2 N–H and O–H groups in total. The van der Waals surface area contributed by atoms with Crippen molar-refractivity contribution in [3.63, 3.8) is 0 Å². The van der Waals surface area contributed by atoms with Crippen LogP contribution in [-0.2, 0) is 0 Å². The lowest BCUT2D eigenvalue weighted by Crippen LogP contribution is -2.49. The first kappa shape index (κ1) is 12.9. The van der Waals surface area contributed by atoms with Gasteiger partial charge in [-0.25, -0.2) is 0 Å². The number of halogens is 3. The van der Waals surface area contributed by atoms with Crippen molar-refractivity contribution in [1.82, 2.24) is 4.90 Å². The zero-order valence-electron chi connectivity index (χ0n) is 9.89. The third-order valence-corrected chi connectivity index (χ3v) is 3.93. The van der Waals surface area contributed by atoms with Gasteiger partial charge >= 0.3 is 6.18 Å². The Kier molecular flexibility index (Phi) is 3.50. The quantitative estimate of drug-likeness (QED) is 0.777. The van der Waals surface area contributed by atoms with E-state index in [1.54, 1.807) is 0 Å². The van der Waals surface area contributed by atoms with E-state index in [9.17, 15) is 13.2 Å². The fourth-order valence-corrected chi connectivity index (χ4v) is 2.43. The van der Waals surface area contributed by atoms with Crippen molar-refractivity contribution in [2.75, 3.05) is 19.6 Å². The second-order valence-electron chi connectivity index (χ2n) is 5.24. The molecule has 0 aromatic heterocycles. The molecule has 1 fully saturated rings. The highest BCUT2D eigenvalue weighted by Crippen LogP contribution is 2.33. The Morgan fingerprint density at radius 1 is 1.35 bits per heavy atom.